The standard InChI is InChI=1S/C12H26N2O/c1-5-13-8-11-6-7-14(9-11)10-12(2,3)15-4/h11,13H,5-10H2,1-4H3. The Morgan fingerprint density at radius 2 is 2.20 bits per heavy atom. The van der Waals surface area contributed by atoms with Crippen molar-refractivity contribution < 1.29 is 4.74 Å². The summed E-state index contributed by atoms with van der Waals surface area (Å²) in [6.07, 6.45) is 1.33. The van der Waals surface area contributed by atoms with Crippen LogP contribution in [0.15, 0.2) is 0 Å². The first-order valence-corrected chi connectivity index (χ1v) is 6.05. The van der Waals surface area contributed by atoms with Crippen molar-refractivity contribution in [3.05, 3.63) is 0 Å². The number of nitrogens with one attached hydrogen (secondary N) is 1. The summed E-state index contributed by atoms with van der Waals surface area (Å²) in [5, 5.41) is 3.43. The number of methoxy groups -OCH3 is 1. The van der Waals surface area contributed by atoms with Gasteiger partial charge >= 0.3 is 0 Å². The van der Waals surface area contributed by atoms with E-state index in [1.807, 2.05) is 0 Å². The maximum absolute atomic E-state index is 5.46. The molecule has 1 atom stereocenters. The molecule has 0 spiro atoms. The quantitative estimate of drug-likeness (QED) is 0.722. The zero-order valence-corrected chi connectivity index (χ0v) is 10.7. The zero-order valence-electron chi connectivity index (χ0n) is 10.7. The fourth-order valence-corrected chi connectivity index (χ4v) is 2.17. The average Bonchev–Trinajstić information content (AvgIpc) is 2.62. The van der Waals surface area contributed by atoms with Crippen LogP contribution in [0.5, 0.6) is 0 Å². The second-order valence-electron chi connectivity index (χ2n) is 5.16. The van der Waals surface area contributed by atoms with Crippen LogP contribution in [0.3, 0.4) is 0 Å². The van der Waals surface area contributed by atoms with Gasteiger partial charge in [0, 0.05) is 20.2 Å². The molecule has 0 radical (unpaired) electrons. The Morgan fingerprint density at radius 1 is 1.47 bits per heavy atom. The molecule has 0 aromatic heterocycles. The lowest BCUT2D eigenvalue weighted by molar-refractivity contribution is -0.00317. The largest absolute Gasteiger partial charge is 0.377 e. The third-order valence-electron chi connectivity index (χ3n) is 3.21. The lowest BCUT2D eigenvalue weighted by Gasteiger charge is -2.28. The first kappa shape index (κ1) is 12.9. The highest BCUT2D eigenvalue weighted by Gasteiger charge is 2.27. The molecular formula is C12H26N2O. The molecule has 1 aliphatic heterocycles. The Bertz CT molecular complexity index is 182. The maximum Gasteiger partial charge on any atom is 0.0749 e. The van der Waals surface area contributed by atoms with Gasteiger partial charge in [-0.1, -0.05) is 6.92 Å². The fraction of sp³-hybridized carbons (Fsp3) is 1.00. The van der Waals surface area contributed by atoms with E-state index in [4.69, 9.17) is 4.74 Å². The highest BCUT2D eigenvalue weighted by atomic mass is 16.5. The number of likely N-dealkylation sites (tertiary alicyclic amines) is 1. The summed E-state index contributed by atoms with van der Waals surface area (Å²) in [5.41, 5.74) is -0.00687. The molecular weight excluding hydrogens is 188 g/mol. The van der Waals surface area contributed by atoms with Gasteiger partial charge in [-0.25, -0.2) is 0 Å². The van der Waals surface area contributed by atoms with Crippen molar-refractivity contribution in [2.75, 3.05) is 39.8 Å². The Hall–Kier alpha value is -0.120. The predicted octanol–water partition coefficient (Wildman–Crippen LogP) is 1.34. The van der Waals surface area contributed by atoms with E-state index in [0.29, 0.717) is 0 Å². The summed E-state index contributed by atoms with van der Waals surface area (Å²) in [4.78, 5) is 2.52. The average molecular weight is 214 g/mol. The van der Waals surface area contributed by atoms with Crippen LogP contribution in [0.25, 0.3) is 0 Å². The summed E-state index contributed by atoms with van der Waals surface area (Å²) in [5.74, 6) is 0.831. The topological polar surface area (TPSA) is 24.5 Å². The van der Waals surface area contributed by atoms with Gasteiger partial charge in [0.25, 0.3) is 0 Å². The van der Waals surface area contributed by atoms with Crippen molar-refractivity contribution in [1.29, 1.82) is 0 Å². The number of hydrogen-bond donors (Lipinski definition) is 1. The molecule has 0 aliphatic carbocycles. The highest BCUT2D eigenvalue weighted by Crippen LogP contribution is 2.19. The second-order valence-corrected chi connectivity index (χ2v) is 5.16. The Kier molecular flexibility index (Phi) is 5.03. The Labute approximate surface area is 94.2 Å². The van der Waals surface area contributed by atoms with Crippen molar-refractivity contribution in [3.63, 3.8) is 0 Å². The summed E-state index contributed by atoms with van der Waals surface area (Å²) in [6, 6.07) is 0. The molecule has 1 N–H and O–H groups in total. The lowest BCUT2D eigenvalue weighted by atomic mass is 10.1. The van der Waals surface area contributed by atoms with Crippen molar-refractivity contribution in [3.8, 4) is 0 Å². The minimum Gasteiger partial charge on any atom is -0.377 e. The van der Waals surface area contributed by atoms with E-state index in [2.05, 4.69) is 31.0 Å². The Balaban J connectivity index is 2.24. The number of rotatable bonds is 6. The van der Waals surface area contributed by atoms with Crippen LogP contribution in [0, 0.1) is 5.92 Å². The molecule has 15 heavy (non-hydrogen) atoms. The molecule has 0 aromatic rings. The van der Waals surface area contributed by atoms with Crippen LogP contribution in [0.4, 0.5) is 0 Å². The van der Waals surface area contributed by atoms with Crippen LogP contribution in [-0.2, 0) is 4.74 Å². The second kappa shape index (κ2) is 5.83. The molecule has 1 unspecified atom stereocenters. The molecule has 1 aliphatic rings. The van der Waals surface area contributed by atoms with Crippen LogP contribution in [0.2, 0.25) is 0 Å². The van der Waals surface area contributed by atoms with Crippen LogP contribution in [0.1, 0.15) is 27.2 Å². The maximum atomic E-state index is 5.46. The number of ether oxygens (including phenoxy) is 1. The van der Waals surface area contributed by atoms with Crippen LogP contribution >= 0.6 is 0 Å². The van der Waals surface area contributed by atoms with Gasteiger partial charge in [0.15, 0.2) is 0 Å². The molecule has 90 valence electrons. The minimum absolute atomic E-state index is 0.00687. The number of nitrogens with zero attached hydrogens (tertiary/aromatic N) is 1. The van der Waals surface area contributed by atoms with Gasteiger partial charge in [-0.05, 0) is 45.8 Å². The number of hydrogen-bond acceptors (Lipinski definition) is 3. The molecule has 0 bridgehead atoms. The van der Waals surface area contributed by atoms with Crippen molar-refractivity contribution in [2.24, 2.45) is 5.92 Å². The van der Waals surface area contributed by atoms with Crippen molar-refractivity contribution >= 4 is 0 Å². The molecule has 1 rings (SSSR count). The first-order valence-electron chi connectivity index (χ1n) is 6.05. The van der Waals surface area contributed by atoms with Gasteiger partial charge in [0.05, 0.1) is 5.60 Å². The molecule has 0 amide bonds. The van der Waals surface area contributed by atoms with Crippen molar-refractivity contribution in [1.82, 2.24) is 10.2 Å². The van der Waals surface area contributed by atoms with E-state index in [9.17, 15) is 0 Å². The smallest absolute Gasteiger partial charge is 0.0749 e. The Morgan fingerprint density at radius 3 is 2.80 bits per heavy atom. The van der Waals surface area contributed by atoms with Gasteiger partial charge in [-0.3, -0.25) is 0 Å². The van der Waals surface area contributed by atoms with E-state index in [0.717, 1.165) is 19.0 Å². The van der Waals surface area contributed by atoms with Crippen LogP contribution < -0.4 is 5.32 Å². The first-order chi connectivity index (χ1) is 7.07. The third-order valence-corrected chi connectivity index (χ3v) is 3.21. The molecule has 3 heteroatoms. The summed E-state index contributed by atoms with van der Waals surface area (Å²) in [6.45, 7) is 12.2. The van der Waals surface area contributed by atoms with E-state index in [1.54, 1.807) is 7.11 Å². The molecule has 1 fully saturated rings. The summed E-state index contributed by atoms with van der Waals surface area (Å²) in [7, 11) is 1.80. The molecule has 1 heterocycles. The van der Waals surface area contributed by atoms with Crippen molar-refractivity contribution in [2.45, 2.75) is 32.8 Å². The van der Waals surface area contributed by atoms with E-state index in [-0.39, 0.29) is 5.60 Å². The fourth-order valence-electron chi connectivity index (χ4n) is 2.17. The lowest BCUT2D eigenvalue weighted by Crippen LogP contribution is -2.39. The van der Waals surface area contributed by atoms with Gasteiger partial charge in [0.1, 0.15) is 0 Å². The minimum atomic E-state index is -0.00687. The normalized spacial score (nSPS) is 23.6. The highest BCUT2D eigenvalue weighted by molar-refractivity contribution is 4.82. The molecule has 0 saturated carbocycles. The SMILES string of the molecule is CCNCC1CCN(CC(C)(C)OC)C1. The van der Waals surface area contributed by atoms with Gasteiger partial charge in [-0.15, -0.1) is 0 Å². The van der Waals surface area contributed by atoms with Gasteiger partial charge in [0.2, 0.25) is 0 Å². The van der Waals surface area contributed by atoms with Gasteiger partial charge in [-0.2, -0.15) is 0 Å². The molecule has 1 saturated heterocycles. The summed E-state index contributed by atoms with van der Waals surface area (Å²) >= 11 is 0. The van der Waals surface area contributed by atoms with Gasteiger partial charge < -0.3 is 15.0 Å². The van der Waals surface area contributed by atoms with Crippen LogP contribution in [-0.4, -0.2) is 50.3 Å². The monoisotopic (exact) mass is 214 g/mol. The molecule has 0 aromatic carbocycles. The summed E-state index contributed by atoms with van der Waals surface area (Å²) < 4.78 is 5.46. The zero-order chi connectivity index (χ0) is 11.3. The van der Waals surface area contributed by atoms with E-state index < -0.39 is 0 Å². The third kappa shape index (κ3) is 4.49. The molecule has 3 nitrogen and oxygen atoms in total. The predicted molar refractivity (Wildman–Crippen MR) is 64.2 cm³/mol. The van der Waals surface area contributed by atoms with E-state index in [1.165, 1.54) is 26.1 Å². The van der Waals surface area contributed by atoms with E-state index >= 15 is 0 Å².